The number of hydrogen-bond acceptors (Lipinski definition) is 2. The van der Waals surface area contributed by atoms with Gasteiger partial charge in [-0.2, -0.15) is 0 Å². The molecule has 0 bridgehead atoms. The van der Waals surface area contributed by atoms with Crippen LogP contribution in [0.2, 0.25) is 10.0 Å². The van der Waals surface area contributed by atoms with E-state index in [4.69, 9.17) is 23.2 Å². The molecular formula is C29H32Cl2N2O2. The molecule has 0 spiro atoms. The van der Waals surface area contributed by atoms with Crippen molar-refractivity contribution in [1.82, 2.24) is 10.2 Å². The third-order valence-corrected chi connectivity index (χ3v) is 6.47. The Morgan fingerprint density at radius 1 is 0.857 bits per heavy atom. The molecule has 4 nitrogen and oxygen atoms in total. The maximum atomic E-state index is 13.7. The number of rotatable bonds is 10. The Hall–Kier alpha value is -2.82. The maximum Gasteiger partial charge on any atom is 0.243 e. The largest absolute Gasteiger partial charge is 0.354 e. The molecule has 3 aromatic carbocycles. The van der Waals surface area contributed by atoms with E-state index in [1.165, 1.54) is 0 Å². The number of nitrogens with one attached hydrogen (secondary N) is 1. The molecule has 0 aliphatic heterocycles. The molecule has 0 fully saturated rings. The van der Waals surface area contributed by atoms with E-state index in [2.05, 4.69) is 5.32 Å². The van der Waals surface area contributed by atoms with Gasteiger partial charge in [-0.1, -0.05) is 103 Å². The van der Waals surface area contributed by atoms with Crippen LogP contribution < -0.4 is 5.32 Å². The Morgan fingerprint density at radius 3 is 2.23 bits per heavy atom. The molecule has 0 saturated carbocycles. The third-order valence-electron chi connectivity index (χ3n) is 5.73. The normalized spacial score (nSPS) is 11.8. The van der Waals surface area contributed by atoms with E-state index in [1.807, 2.05) is 75.4 Å². The van der Waals surface area contributed by atoms with Gasteiger partial charge in [-0.05, 0) is 41.7 Å². The summed E-state index contributed by atoms with van der Waals surface area (Å²) >= 11 is 12.3. The maximum absolute atomic E-state index is 13.7. The molecule has 184 valence electrons. The van der Waals surface area contributed by atoms with Crippen LogP contribution in [0.15, 0.2) is 72.8 Å². The van der Waals surface area contributed by atoms with Gasteiger partial charge in [-0.3, -0.25) is 9.59 Å². The molecule has 0 heterocycles. The van der Waals surface area contributed by atoms with Crippen molar-refractivity contribution in [2.45, 2.75) is 46.2 Å². The molecular weight excluding hydrogens is 479 g/mol. The number of halogens is 2. The zero-order chi connectivity index (χ0) is 25.4. The van der Waals surface area contributed by atoms with Gasteiger partial charge in [0.1, 0.15) is 6.04 Å². The fraction of sp³-hybridized carbons (Fsp3) is 0.310. The van der Waals surface area contributed by atoms with Gasteiger partial charge in [0, 0.05) is 19.5 Å². The molecule has 2 amide bonds. The first-order chi connectivity index (χ1) is 16.7. The molecule has 1 N–H and O–H groups in total. The minimum absolute atomic E-state index is 0.117. The fourth-order valence-electron chi connectivity index (χ4n) is 3.91. The molecule has 1 atom stereocenters. The van der Waals surface area contributed by atoms with Crippen LogP contribution in [0.3, 0.4) is 0 Å². The Morgan fingerprint density at radius 2 is 1.57 bits per heavy atom. The number of hydrogen-bond donors (Lipinski definition) is 1. The Bertz CT molecular complexity index is 1150. The Labute approximate surface area is 218 Å². The van der Waals surface area contributed by atoms with Gasteiger partial charge in [-0.25, -0.2) is 0 Å². The van der Waals surface area contributed by atoms with Gasteiger partial charge in [0.2, 0.25) is 11.8 Å². The van der Waals surface area contributed by atoms with Gasteiger partial charge in [0.25, 0.3) is 0 Å². The highest BCUT2D eigenvalue weighted by Gasteiger charge is 2.30. The monoisotopic (exact) mass is 510 g/mol. The van der Waals surface area contributed by atoms with E-state index < -0.39 is 6.04 Å². The van der Waals surface area contributed by atoms with E-state index in [9.17, 15) is 9.59 Å². The molecule has 6 heteroatoms. The fourth-order valence-corrected chi connectivity index (χ4v) is 4.23. The topological polar surface area (TPSA) is 49.4 Å². The lowest BCUT2D eigenvalue weighted by molar-refractivity contribution is -0.140. The highest BCUT2D eigenvalue weighted by Crippen LogP contribution is 2.24. The van der Waals surface area contributed by atoms with E-state index in [0.29, 0.717) is 35.5 Å². The second-order valence-corrected chi connectivity index (χ2v) is 10.1. The second-order valence-electron chi connectivity index (χ2n) is 9.28. The average molecular weight is 511 g/mol. The van der Waals surface area contributed by atoms with Crippen LogP contribution in [-0.2, 0) is 29.0 Å². The van der Waals surface area contributed by atoms with Gasteiger partial charge in [0.05, 0.1) is 16.5 Å². The number of nitrogens with zero attached hydrogens (tertiary/aromatic N) is 1. The summed E-state index contributed by atoms with van der Waals surface area (Å²) in [5.74, 6) is -0.00308. The zero-order valence-electron chi connectivity index (χ0n) is 20.4. The predicted octanol–water partition coefficient (Wildman–Crippen LogP) is 6.26. The molecule has 0 aliphatic carbocycles. The minimum Gasteiger partial charge on any atom is -0.354 e. The van der Waals surface area contributed by atoms with Crippen LogP contribution >= 0.6 is 23.2 Å². The van der Waals surface area contributed by atoms with Gasteiger partial charge < -0.3 is 10.2 Å². The average Bonchev–Trinajstić information content (AvgIpc) is 2.82. The Kier molecular flexibility index (Phi) is 9.76. The summed E-state index contributed by atoms with van der Waals surface area (Å²) in [5.41, 5.74) is 3.82. The van der Waals surface area contributed by atoms with Crippen LogP contribution in [-0.4, -0.2) is 29.3 Å². The van der Waals surface area contributed by atoms with E-state index in [0.717, 1.165) is 22.3 Å². The number of carbonyl (C=O) groups excluding carboxylic acids is 2. The lowest BCUT2D eigenvalue weighted by Crippen LogP contribution is -2.51. The van der Waals surface area contributed by atoms with E-state index in [1.54, 1.807) is 23.1 Å². The predicted molar refractivity (Wildman–Crippen MR) is 144 cm³/mol. The molecule has 3 aromatic rings. The van der Waals surface area contributed by atoms with Crippen LogP contribution in [0.25, 0.3) is 0 Å². The third kappa shape index (κ3) is 8.12. The number of aryl methyl sites for hydroxylation is 1. The Balaban J connectivity index is 1.96. The smallest absolute Gasteiger partial charge is 0.243 e. The highest BCUT2D eigenvalue weighted by atomic mass is 35.5. The van der Waals surface area contributed by atoms with E-state index in [-0.39, 0.29) is 18.2 Å². The molecule has 0 radical (unpaired) electrons. The summed E-state index contributed by atoms with van der Waals surface area (Å²) in [6.07, 6.45) is 0.537. The number of amides is 2. The summed E-state index contributed by atoms with van der Waals surface area (Å²) in [5, 5.41) is 3.88. The zero-order valence-corrected chi connectivity index (χ0v) is 21.9. The summed E-state index contributed by atoms with van der Waals surface area (Å²) in [7, 11) is 0. The standard InChI is InChI=1S/C29H32Cl2N2O2/c1-20(2)18-32-29(35)27(16-22-9-5-4-6-10-22)33(19-24-11-7-8-21(3)14-24)28(34)17-23-12-13-25(30)26(31)15-23/h4-15,20,27H,16-19H2,1-3H3,(H,32,35)/t27-/m0/s1. The molecule has 0 saturated heterocycles. The van der Waals surface area contributed by atoms with Crippen LogP contribution in [0.1, 0.15) is 36.1 Å². The van der Waals surface area contributed by atoms with Crippen molar-refractivity contribution < 1.29 is 9.59 Å². The van der Waals surface area contributed by atoms with Crippen molar-refractivity contribution in [1.29, 1.82) is 0 Å². The van der Waals surface area contributed by atoms with Crippen molar-refractivity contribution >= 4 is 35.0 Å². The van der Waals surface area contributed by atoms with Crippen LogP contribution in [0.4, 0.5) is 0 Å². The van der Waals surface area contributed by atoms with Crippen LogP contribution in [0.5, 0.6) is 0 Å². The van der Waals surface area contributed by atoms with Crippen molar-refractivity contribution in [3.63, 3.8) is 0 Å². The lowest BCUT2D eigenvalue weighted by Gasteiger charge is -2.32. The first-order valence-corrected chi connectivity index (χ1v) is 12.6. The second kappa shape index (κ2) is 12.8. The van der Waals surface area contributed by atoms with Crippen molar-refractivity contribution in [2.24, 2.45) is 5.92 Å². The number of benzene rings is 3. The lowest BCUT2D eigenvalue weighted by atomic mass is 10.0. The SMILES string of the molecule is Cc1cccc(CN(C(=O)Cc2ccc(Cl)c(Cl)c2)[C@@H](Cc2ccccc2)C(=O)NCC(C)C)c1. The summed E-state index contributed by atoms with van der Waals surface area (Å²) < 4.78 is 0. The van der Waals surface area contributed by atoms with Gasteiger partial charge in [0.15, 0.2) is 0 Å². The minimum atomic E-state index is -0.660. The summed E-state index contributed by atoms with van der Waals surface area (Å²) in [6, 6.07) is 22.3. The molecule has 3 rings (SSSR count). The van der Waals surface area contributed by atoms with Crippen molar-refractivity contribution in [3.8, 4) is 0 Å². The molecule has 0 aromatic heterocycles. The number of carbonyl (C=O) groups is 2. The first-order valence-electron chi connectivity index (χ1n) is 11.8. The van der Waals surface area contributed by atoms with Crippen LogP contribution in [0, 0.1) is 12.8 Å². The summed E-state index contributed by atoms with van der Waals surface area (Å²) in [4.78, 5) is 28.9. The summed E-state index contributed by atoms with van der Waals surface area (Å²) in [6.45, 7) is 6.98. The van der Waals surface area contributed by atoms with Crippen molar-refractivity contribution in [2.75, 3.05) is 6.54 Å². The van der Waals surface area contributed by atoms with E-state index >= 15 is 0 Å². The molecule has 35 heavy (non-hydrogen) atoms. The molecule has 0 aliphatic rings. The van der Waals surface area contributed by atoms with Gasteiger partial charge in [-0.15, -0.1) is 0 Å². The highest BCUT2D eigenvalue weighted by molar-refractivity contribution is 6.42. The van der Waals surface area contributed by atoms with Gasteiger partial charge >= 0.3 is 0 Å². The first kappa shape index (κ1) is 26.8. The van der Waals surface area contributed by atoms with Crippen molar-refractivity contribution in [3.05, 3.63) is 105 Å². The quantitative estimate of drug-likeness (QED) is 0.350. The molecule has 0 unspecified atom stereocenters.